The summed E-state index contributed by atoms with van der Waals surface area (Å²) >= 11 is 0. The van der Waals surface area contributed by atoms with Crippen LogP contribution in [-0.4, -0.2) is 44.6 Å². The van der Waals surface area contributed by atoms with Crippen molar-refractivity contribution in [2.45, 2.75) is 33.6 Å². The predicted molar refractivity (Wildman–Crippen MR) is 96.0 cm³/mol. The maximum Gasteiger partial charge on any atom is 0.227 e. The number of hydrogen-bond acceptors (Lipinski definition) is 4. The number of aryl methyl sites for hydroxylation is 2. The second-order valence-electron chi connectivity index (χ2n) is 7.05. The number of fused-ring (bicyclic) bond motifs is 1. The van der Waals surface area contributed by atoms with Gasteiger partial charge in [0.2, 0.25) is 11.8 Å². The molecule has 1 fully saturated rings. The molecule has 0 atom stereocenters. The summed E-state index contributed by atoms with van der Waals surface area (Å²) in [5.41, 5.74) is 2.38. The van der Waals surface area contributed by atoms with Crippen molar-refractivity contribution in [3.8, 4) is 0 Å². The molecule has 0 bridgehead atoms. The standard InChI is InChI=1S/C18H25N5O2/c1-11(2)18(25)23-7-5-13(6-8-23)17(24)20-14-9-15-12(3)21-22(4)16(15)19-10-14/h9-11,13H,5-8H2,1-4H3,(H,20,24). The van der Waals surface area contributed by atoms with E-state index < -0.39 is 0 Å². The quantitative estimate of drug-likeness (QED) is 0.925. The van der Waals surface area contributed by atoms with Crippen LogP contribution in [0, 0.1) is 18.8 Å². The molecule has 0 aromatic carbocycles. The van der Waals surface area contributed by atoms with E-state index in [0.29, 0.717) is 31.6 Å². The van der Waals surface area contributed by atoms with E-state index in [1.165, 1.54) is 0 Å². The monoisotopic (exact) mass is 343 g/mol. The van der Waals surface area contributed by atoms with E-state index >= 15 is 0 Å². The molecule has 3 rings (SSSR count). The third-order valence-corrected chi connectivity index (χ3v) is 4.80. The first-order valence-corrected chi connectivity index (χ1v) is 8.76. The summed E-state index contributed by atoms with van der Waals surface area (Å²) in [6.45, 7) is 7.04. The van der Waals surface area contributed by atoms with Crippen LogP contribution in [0.4, 0.5) is 5.69 Å². The molecule has 7 nitrogen and oxygen atoms in total. The summed E-state index contributed by atoms with van der Waals surface area (Å²) in [4.78, 5) is 30.8. The fourth-order valence-electron chi connectivity index (χ4n) is 3.35. The average Bonchev–Trinajstić information content (AvgIpc) is 2.88. The fourth-order valence-corrected chi connectivity index (χ4v) is 3.35. The molecule has 1 saturated heterocycles. The van der Waals surface area contributed by atoms with Crippen molar-refractivity contribution in [1.82, 2.24) is 19.7 Å². The molecule has 1 aliphatic rings. The van der Waals surface area contributed by atoms with Crippen molar-refractivity contribution < 1.29 is 9.59 Å². The van der Waals surface area contributed by atoms with Gasteiger partial charge in [0.1, 0.15) is 0 Å². The number of pyridine rings is 1. The Kier molecular flexibility index (Phi) is 4.74. The van der Waals surface area contributed by atoms with Crippen LogP contribution in [0.15, 0.2) is 12.3 Å². The summed E-state index contributed by atoms with van der Waals surface area (Å²) < 4.78 is 1.73. The smallest absolute Gasteiger partial charge is 0.227 e. The summed E-state index contributed by atoms with van der Waals surface area (Å²) in [5, 5.41) is 8.25. The van der Waals surface area contributed by atoms with Crippen molar-refractivity contribution >= 4 is 28.5 Å². The first-order chi connectivity index (χ1) is 11.9. The van der Waals surface area contributed by atoms with Crippen molar-refractivity contribution in [2.24, 2.45) is 18.9 Å². The average molecular weight is 343 g/mol. The van der Waals surface area contributed by atoms with Gasteiger partial charge in [-0.2, -0.15) is 5.10 Å². The number of nitrogens with zero attached hydrogens (tertiary/aromatic N) is 4. The van der Waals surface area contributed by atoms with Gasteiger partial charge in [0.15, 0.2) is 5.65 Å². The highest BCUT2D eigenvalue weighted by Gasteiger charge is 2.28. The Balaban J connectivity index is 1.63. The molecule has 2 aromatic heterocycles. The van der Waals surface area contributed by atoms with Crippen molar-refractivity contribution in [1.29, 1.82) is 0 Å². The summed E-state index contributed by atoms with van der Waals surface area (Å²) in [6, 6.07) is 1.92. The minimum Gasteiger partial charge on any atom is -0.342 e. The van der Waals surface area contributed by atoms with Crippen LogP contribution in [-0.2, 0) is 16.6 Å². The highest BCUT2D eigenvalue weighted by Crippen LogP contribution is 2.23. The molecule has 0 radical (unpaired) electrons. The van der Waals surface area contributed by atoms with Crippen LogP contribution in [0.1, 0.15) is 32.4 Å². The van der Waals surface area contributed by atoms with Gasteiger partial charge in [-0.3, -0.25) is 14.3 Å². The molecule has 1 N–H and O–H groups in total. The number of likely N-dealkylation sites (tertiary alicyclic amines) is 1. The van der Waals surface area contributed by atoms with E-state index in [4.69, 9.17) is 0 Å². The van der Waals surface area contributed by atoms with Gasteiger partial charge in [-0.05, 0) is 25.8 Å². The number of piperidine rings is 1. The van der Waals surface area contributed by atoms with Gasteiger partial charge in [0.25, 0.3) is 0 Å². The lowest BCUT2D eigenvalue weighted by Crippen LogP contribution is -2.43. The Hall–Kier alpha value is -2.44. The SMILES string of the molecule is Cc1nn(C)c2ncc(NC(=O)C3CCN(C(=O)C(C)C)CC3)cc12. The molecule has 0 saturated carbocycles. The molecule has 3 heterocycles. The minimum atomic E-state index is -0.0677. The molecule has 1 aliphatic heterocycles. The van der Waals surface area contributed by atoms with Crippen LogP contribution in [0.5, 0.6) is 0 Å². The molecule has 2 amide bonds. The van der Waals surface area contributed by atoms with Crippen LogP contribution in [0.2, 0.25) is 0 Å². The van der Waals surface area contributed by atoms with Crippen molar-refractivity contribution in [3.05, 3.63) is 18.0 Å². The minimum absolute atomic E-state index is 0.000612. The van der Waals surface area contributed by atoms with E-state index in [9.17, 15) is 9.59 Å². The first-order valence-electron chi connectivity index (χ1n) is 8.76. The first kappa shape index (κ1) is 17.4. The van der Waals surface area contributed by atoms with E-state index in [0.717, 1.165) is 16.7 Å². The highest BCUT2D eigenvalue weighted by molar-refractivity contribution is 5.94. The third kappa shape index (κ3) is 3.50. The van der Waals surface area contributed by atoms with E-state index in [2.05, 4.69) is 15.4 Å². The second-order valence-corrected chi connectivity index (χ2v) is 7.05. The molecule has 25 heavy (non-hydrogen) atoms. The van der Waals surface area contributed by atoms with E-state index in [-0.39, 0.29) is 23.7 Å². The topological polar surface area (TPSA) is 80.1 Å². The highest BCUT2D eigenvalue weighted by atomic mass is 16.2. The molecule has 7 heteroatoms. The van der Waals surface area contributed by atoms with Gasteiger partial charge in [0.05, 0.1) is 17.6 Å². The number of carbonyl (C=O) groups is 2. The molecule has 0 unspecified atom stereocenters. The molecule has 2 aromatic rings. The number of carbonyl (C=O) groups excluding carboxylic acids is 2. The predicted octanol–water partition coefficient (Wildman–Crippen LogP) is 2.11. The van der Waals surface area contributed by atoms with Crippen LogP contribution < -0.4 is 5.32 Å². The van der Waals surface area contributed by atoms with E-state index in [1.807, 2.05) is 38.8 Å². The number of nitrogens with one attached hydrogen (secondary N) is 1. The summed E-state index contributed by atoms with van der Waals surface area (Å²) in [7, 11) is 1.85. The number of aromatic nitrogens is 3. The lowest BCUT2D eigenvalue weighted by Gasteiger charge is -2.32. The maximum absolute atomic E-state index is 12.5. The number of anilines is 1. The van der Waals surface area contributed by atoms with Crippen LogP contribution >= 0.6 is 0 Å². The van der Waals surface area contributed by atoms with Gasteiger partial charge in [-0.15, -0.1) is 0 Å². The third-order valence-electron chi connectivity index (χ3n) is 4.80. The van der Waals surface area contributed by atoms with Crippen molar-refractivity contribution in [2.75, 3.05) is 18.4 Å². The Labute approximate surface area is 147 Å². The largest absolute Gasteiger partial charge is 0.342 e. The number of rotatable bonds is 3. The van der Waals surface area contributed by atoms with Gasteiger partial charge < -0.3 is 10.2 Å². The molecular weight excluding hydrogens is 318 g/mol. The Morgan fingerprint density at radius 1 is 1.28 bits per heavy atom. The molecular formula is C18H25N5O2. The summed E-state index contributed by atoms with van der Waals surface area (Å²) in [6.07, 6.45) is 3.07. The molecule has 0 aliphatic carbocycles. The number of amides is 2. The Morgan fingerprint density at radius 2 is 1.96 bits per heavy atom. The zero-order chi connectivity index (χ0) is 18.1. The molecule has 134 valence electrons. The molecule has 0 spiro atoms. The summed E-state index contributed by atoms with van der Waals surface area (Å²) in [5.74, 6) is 0.104. The number of hydrogen-bond donors (Lipinski definition) is 1. The zero-order valence-electron chi connectivity index (χ0n) is 15.2. The Morgan fingerprint density at radius 3 is 2.60 bits per heavy atom. The van der Waals surface area contributed by atoms with Gasteiger partial charge in [-0.1, -0.05) is 13.8 Å². The normalized spacial score (nSPS) is 15.8. The lowest BCUT2D eigenvalue weighted by atomic mass is 9.95. The van der Waals surface area contributed by atoms with Gasteiger partial charge in [0, 0.05) is 37.4 Å². The van der Waals surface area contributed by atoms with Crippen LogP contribution in [0.25, 0.3) is 11.0 Å². The van der Waals surface area contributed by atoms with E-state index in [1.54, 1.807) is 10.9 Å². The van der Waals surface area contributed by atoms with Gasteiger partial charge in [-0.25, -0.2) is 4.98 Å². The zero-order valence-corrected chi connectivity index (χ0v) is 15.2. The fraction of sp³-hybridized carbons (Fsp3) is 0.556. The van der Waals surface area contributed by atoms with Crippen molar-refractivity contribution in [3.63, 3.8) is 0 Å². The lowest BCUT2D eigenvalue weighted by molar-refractivity contribution is -0.137. The Bertz CT molecular complexity index is 803. The van der Waals surface area contributed by atoms with Crippen LogP contribution in [0.3, 0.4) is 0 Å². The second kappa shape index (κ2) is 6.82. The maximum atomic E-state index is 12.5. The van der Waals surface area contributed by atoms with Gasteiger partial charge >= 0.3 is 0 Å².